The Hall–Kier alpha value is -7.38. The summed E-state index contributed by atoms with van der Waals surface area (Å²) in [6, 6.07) is 70.0. The molecule has 0 spiro atoms. The Morgan fingerprint density at radius 1 is 0.444 bits per heavy atom. The van der Waals surface area contributed by atoms with Gasteiger partial charge in [-0.05, 0) is 218 Å². The summed E-state index contributed by atoms with van der Waals surface area (Å²) < 4.78 is 5.58. The molecule has 0 bridgehead atoms. The second-order valence-electron chi connectivity index (χ2n) is 32.1. The molecule has 2 atom stereocenters. The molecule has 2 aromatic heterocycles. The lowest BCUT2D eigenvalue weighted by molar-refractivity contribution is 0.195. The van der Waals surface area contributed by atoms with Crippen molar-refractivity contribution in [2.75, 3.05) is 14.7 Å². The van der Waals surface area contributed by atoms with Crippen molar-refractivity contribution in [2.45, 2.75) is 179 Å². The van der Waals surface area contributed by atoms with Crippen LogP contribution in [0.25, 0.3) is 52.5 Å². The summed E-state index contributed by atoms with van der Waals surface area (Å²) in [5.74, 6) is 0. The molecule has 0 amide bonds. The van der Waals surface area contributed by atoms with Gasteiger partial charge >= 0.3 is 0 Å². The zero-order chi connectivity index (χ0) is 62.0. The van der Waals surface area contributed by atoms with Gasteiger partial charge in [-0.2, -0.15) is 0 Å². The van der Waals surface area contributed by atoms with Gasteiger partial charge in [-0.15, -0.1) is 22.7 Å². The molecule has 0 radical (unpaired) electrons. The van der Waals surface area contributed by atoms with Gasteiger partial charge in [0.1, 0.15) is 0 Å². The lowest BCUT2D eigenvalue weighted by Crippen LogP contribution is -2.64. The topological polar surface area (TPSA) is 9.72 Å². The van der Waals surface area contributed by atoms with Crippen LogP contribution in [0.3, 0.4) is 0 Å². The molecule has 0 saturated heterocycles. The van der Waals surface area contributed by atoms with Gasteiger partial charge in [-0.3, -0.25) is 0 Å². The molecule has 90 heavy (non-hydrogen) atoms. The number of thiophene rings is 2. The first-order chi connectivity index (χ1) is 42.9. The van der Waals surface area contributed by atoms with Crippen LogP contribution in [0, 0.1) is 0 Å². The van der Waals surface area contributed by atoms with E-state index in [0.717, 1.165) is 30.6 Å². The fraction of sp³-hybridized carbons (Fsp3) is 0.333. The summed E-state index contributed by atoms with van der Waals surface area (Å²) in [5, 5.41) is 4.13. The molecule has 1 fully saturated rings. The number of nitrogens with zero attached hydrogens (tertiary/aromatic N) is 3. The molecule has 3 aliphatic carbocycles. The Morgan fingerprint density at radius 2 is 1.09 bits per heavy atom. The number of rotatable bonds is 6. The second kappa shape index (κ2) is 19.1. The fourth-order valence-electron chi connectivity index (χ4n) is 18.2. The van der Waals surface area contributed by atoms with E-state index in [0.29, 0.717) is 0 Å². The van der Waals surface area contributed by atoms with Crippen LogP contribution < -0.4 is 30.4 Å². The number of benzene rings is 9. The maximum Gasteiger partial charge on any atom is 0.264 e. The zero-order valence-corrected chi connectivity index (χ0v) is 56.8. The van der Waals surface area contributed by atoms with Gasteiger partial charge in [0.15, 0.2) is 0 Å². The van der Waals surface area contributed by atoms with Gasteiger partial charge in [0, 0.05) is 74.6 Å². The Bertz CT molecular complexity index is 4840. The normalized spacial score (nSPS) is 21.2. The predicted molar refractivity (Wildman–Crippen MR) is 392 cm³/mol. The average molecular weight is 1210 g/mol. The fourth-order valence-corrected chi connectivity index (χ4v) is 20.6. The molecular formula is C84H84BN3S2. The minimum absolute atomic E-state index is 0.00120. The highest BCUT2D eigenvalue weighted by Gasteiger charge is 2.62. The van der Waals surface area contributed by atoms with E-state index < -0.39 is 0 Å². The molecule has 3 nitrogen and oxygen atoms in total. The average Bonchev–Trinajstić information content (AvgIpc) is 1.45. The summed E-state index contributed by atoms with van der Waals surface area (Å²) in [4.78, 5) is 8.40. The zero-order valence-electron chi connectivity index (χ0n) is 55.1. The van der Waals surface area contributed by atoms with Crippen molar-refractivity contribution in [1.82, 2.24) is 0 Å². The van der Waals surface area contributed by atoms with Crippen LogP contribution >= 0.6 is 22.7 Å². The number of hydrogen-bond acceptors (Lipinski definition) is 5. The SMILES string of the molecule is CC(C)(C)c1ccc(N(c2cccc(-c3ccccc3)c2)c2cc3c4c(c2)N2c5c(cc(-c6cccc7sc8ccccc8c67)cc5C5(C)CCCCC25C)B4c2sc4cc5c(cc4c2N3c2ccc3c(c2)C(C)(C)CCC3(C)C)C(C)(C)CCC5(C)C)cc1. The smallest absolute Gasteiger partial charge is 0.264 e. The van der Waals surface area contributed by atoms with E-state index in [1.54, 1.807) is 0 Å². The number of hydrogen-bond donors (Lipinski definition) is 0. The van der Waals surface area contributed by atoms with Gasteiger partial charge in [0.2, 0.25) is 0 Å². The maximum atomic E-state index is 2.97. The van der Waals surface area contributed by atoms with Gasteiger partial charge in [0.25, 0.3) is 6.71 Å². The summed E-state index contributed by atoms with van der Waals surface area (Å²) in [6.45, 7) is 32.3. The lowest BCUT2D eigenvalue weighted by atomic mass is 9.36. The lowest BCUT2D eigenvalue weighted by Gasteiger charge is -2.52. The predicted octanol–water partition coefficient (Wildman–Crippen LogP) is 22.4. The first kappa shape index (κ1) is 56.6. The Balaban J connectivity index is 1.03. The first-order valence-electron chi connectivity index (χ1n) is 33.6. The summed E-state index contributed by atoms with van der Waals surface area (Å²) in [7, 11) is 0. The van der Waals surface area contributed by atoms with Crippen molar-refractivity contribution in [3.05, 3.63) is 209 Å². The molecule has 6 heteroatoms. The van der Waals surface area contributed by atoms with Crippen molar-refractivity contribution < 1.29 is 0 Å². The van der Waals surface area contributed by atoms with Crippen molar-refractivity contribution >= 4 is 121 Å². The summed E-state index contributed by atoms with van der Waals surface area (Å²) in [6.07, 6.45) is 9.36. The van der Waals surface area contributed by atoms with Crippen LogP contribution in [0.2, 0.25) is 0 Å². The van der Waals surface area contributed by atoms with E-state index in [2.05, 4.69) is 292 Å². The Kier molecular flexibility index (Phi) is 12.0. The largest absolute Gasteiger partial charge is 0.335 e. The highest BCUT2D eigenvalue weighted by atomic mass is 32.1. The standard InChI is InChI=1S/C84H84BN3S2/c1-78(2,3)54-31-33-55(34-32-54)86(56-26-21-25-52(43-56)51-23-15-14-16-24-51)58-47-68-74-69(48-58)88-76-66(83(12)37-19-20-38-84(83,88)13)44-53(59-28-22-30-71-73(59)60-27-17-18-29-70(60)89-71)45-67(76)85(74)77-75(61-49-64-65(50-72(61)90-77)82(10,11)42-41-81(64,8)9)87(68)57-35-36-62-63(46-57)80(6,7)40-39-79(62,4)5/h14-18,21-36,43-50H,19-20,37-42H2,1-13H3. The molecular weight excluding hydrogens is 1130 g/mol. The molecule has 11 aromatic rings. The van der Waals surface area contributed by atoms with E-state index in [4.69, 9.17) is 0 Å². The Labute approximate surface area is 542 Å². The molecule has 1 saturated carbocycles. The van der Waals surface area contributed by atoms with Gasteiger partial charge in [-0.25, -0.2) is 0 Å². The van der Waals surface area contributed by atoms with E-state index in [9.17, 15) is 0 Å². The minimum atomic E-state index is -0.214. The van der Waals surface area contributed by atoms with Gasteiger partial charge < -0.3 is 14.7 Å². The van der Waals surface area contributed by atoms with Crippen LogP contribution in [-0.4, -0.2) is 12.3 Å². The maximum absolute atomic E-state index is 2.97. The van der Waals surface area contributed by atoms with Crippen LogP contribution in [0.15, 0.2) is 176 Å². The molecule has 3 aliphatic heterocycles. The van der Waals surface area contributed by atoms with E-state index in [-0.39, 0.29) is 44.7 Å². The second-order valence-corrected chi connectivity index (χ2v) is 34.2. The molecule has 9 aromatic carbocycles. The summed E-state index contributed by atoms with van der Waals surface area (Å²) in [5.41, 5.74) is 26.9. The molecule has 6 aliphatic rings. The third-order valence-corrected chi connectivity index (χ3v) is 26.2. The van der Waals surface area contributed by atoms with Crippen molar-refractivity contribution in [3.8, 4) is 22.3 Å². The van der Waals surface area contributed by atoms with Crippen LogP contribution in [-0.2, 0) is 32.5 Å². The van der Waals surface area contributed by atoms with Crippen molar-refractivity contribution in [2.24, 2.45) is 0 Å². The number of anilines is 8. The Morgan fingerprint density at radius 3 is 1.83 bits per heavy atom. The quantitative estimate of drug-likeness (QED) is 0.154. The van der Waals surface area contributed by atoms with Crippen molar-refractivity contribution in [3.63, 3.8) is 0 Å². The van der Waals surface area contributed by atoms with E-state index >= 15 is 0 Å². The van der Waals surface area contributed by atoms with Gasteiger partial charge in [-0.1, -0.05) is 193 Å². The minimum Gasteiger partial charge on any atom is -0.335 e. The number of fused-ring (bicyclic) bond motifs is 14. The van der Waals surface area contributed by atoms with Crippen LogP contribution in [0.1, 0.15) is 175 Å². The molecule has 0 N–H and O–H groups in total. The van der Waals surface area contributed by atoms with Crippen LogP contribution in [0.4, 0.5) is 45.5 Å². The molecule has 2 unspecified atom stereocenters. The third kappa shape index (κ3) is 8.01. The van der Waals surface area contributed by atoms with Gasteiger partial charge in [0.05, 0.1) is 16.9 Å². The van der Waals surface area contributed by atoms with E-state index in [1.807, 2.05) is 11.3 Å². The molecule has 450 valence electrons. The molecule has 5 heterocycles. The van der Waals surface area contributed by atoms with Crippen LogP contribution in [0.5, 0.6) is 0 Å². The third-order valence-electron chi connectivity index (χ3n) is 23.8. The van der Waals surface area contributed by atoms with Crippen molar-refractivity contribution in [1.29, 1.82) is 0 Å². The first-order valence-corrected chi connectivity index (χ1v) is 35.3. The highest BCUT2D eigenvalue weighted by molar-refractivity contribution is 7.33. The highest BCUT2D eigenvalue weighted by Crippen LogP contribution is 2.64. The monoisotopic (exact) mass is 1210 g/mol. The summed E-state index contributed by atoms with van der Waals surface area (Å²) >= 11 is 4.03. The van der Waals surface area contributed by atoms with E-state index in [1.165, 1.54) is 168 Å². The molecule has 17 rings (SSSR count).